The molecule has 1 aromatic carbocycles. The van der Waals surface area contributed by atoms with Crippen molar-refractivity contribution in [2.45, 2.75) is 51.9 Å². The van der Waals surface area contributed by atoms with Crippen molar-refractivity contribution < 1.29 is 14.6 Å². The standard InChI is InChI=1S/C19H29NO3/c1-15-7-8-16(14-17(15)21)19(2,3)9-5-4-6-18(22)20-10-12-23-13-11-20/h7-8,14,21H,4-6,9-13H2,1-3H3. The Labute approximate surface area is 139 Å². The average molecular weight is 319 g/mol. The Hall–Kier alpha value is -1.55. The highest BCUT2D eigenvalue weighted by Gasteiger charge is 2.22. The van der Waals surface area contributed by atoms with E-state index in [-0.39, 0.29) is 11.3 Å². The van der Waals surface area contributed by atoms with Crippen LogP contribution in [0.3, 0.4) is 0 Å². The Morgan fingerprint density at radius 1 is 1.26 bits per heavy atom. The zero-order valence-electron chi connectivity index (χ0n) is 14.6. The number of aryl methyl sites for hydroxylation is 1. The van der Waals surface area contributed by atoms with Crippen molar-refractivity contribution in [1.82, 2.24) is 4.90 Å². The number of nitrogens with zero attached hydrogens (tertiary/aromatic N) is 1. The third-order valence-corrected chi connectivity index (χ3v) is 4.80. The molecule has 0 aromatic heterocycles. The number of morpholine rings is 1. The Morgan fingerprint density at radius 3 is 2.61 bits per heavy atom. The van der Waals surface area contributed by atoms with E-state index in [0.717, 1.165) is 43.5 Å². The summed E-state index contributed by atoms with van der Waals surface area (Å²) in [6, 6.07) is 5.93. The van der Waals surface area contributed by atoms with Crippen molar-refractivity contribution in [3.63, 3.8) is 0 Å². The van der Waals surface area contributed by atoms with Crippen LogP contribution < -0.4 is 0 Å². The first-order valence-corrected chi connectivity index (χ1v) is 8.56. The summed E-state index contributed by atoms with van der Waals surface area (Å²) in [5.41, 5.74) is 2.06. The largest absolute Gasteiger partial charge is 0.508 e. The van der Waals surface area contributed by atoms with Crippen LogP contribution in [0.5, 0.6) is 5.75 Å². The minimum absolute atomic E-state index is 0.00713. The Morgan fingerprint density at radius 2 is 1.96 bits per heavy atom. The van der Waals surface area contributed by atoms with Crippen LogP contribution in [0.25, 0.3) is 0 Å². The molecular weight excluding hydrogens is 290 g/mol. The van der Waals surface area contributed by atoms with Crippen molar-refractivity contribution in [3.8, 4) is 5.75 Å². The lowest BCUT2D eigenvalue weighted by molar-refractivity contribution is -0.135. The number of unbranched alkanes of at least 4 members (excludes halogenated alkanes) is 1. The molecule has 0 bridgehead atoms. The second-order valence-corrected chi connectivity index (χ2v) is 7.09. The molecule has 1 N–H and O–H groups in total. The third-order valence-electron chi connectivity index (χ3n) is 4.80. The van der Waals surface area contributed by atoms with Gasteiger partial charge in [0.1, 0.15) is 5.75 Å². The smallest absolute Gasteiger partial charge is 0.222 e. The van der Waals surface area contributed by atoms with Crippen LogP contribution in [0, 0.1) is 6.92 Å². The molecule has 0 spiro atoms. The van der Waals surface area contributed by atoms with Crippen molar-refractivity contribution in [2.24, 2.45) is 0 Å². The van der Waals surface area contributed by atoms with E-state index < -0.39 is 0 Å². The number of ether oxygens (including phenoxy) is 1. The quantitative estimate of drug-likeness (QED) is 0.818. The van der Waals surface area contributed by atoms with E-state index in [0.29, 0.717) is 25.4 Å². The fraction of sp³-hybridized carbons (Fsp3) is 0.632. The molecule has 0 aliphatic carbocycles. The van der Waals surface area contributed by atoms with Gasteiger partial charge >= 0.3 is 0 Å². The topological polar surface area (TPSA) is 49.8 Å². The Bertz CT molecular complexity index is 533. The molecule has 1 aliphatic rings. The fourth-order valence-electron chi connectivity index (χ4n) is 2.99. The van der Waals surface area contributed by atoms with E-state index in [1.165, 1.54) is 0 Å². The van der Waals surface area contributed by atoms with Crippen LogP contribution in [0.1, 0.15) is 50.7 Å². The summed E-state index contributed by atoms with van der Waals surface area (Å²) in [5, 5.41) is 9.89. The lowest BCUT2D eigenvalue weighted by atomic mass is 9.79. The molecule has 1 fully saturated rings. The number of phenols is 1. The van der Waals surface area contributed by atoms with Gasteiger partial charge < -0.3 is 14.7 Å². The second kappa shape index (κ2) is 7.82. The van der Waals surface area contributed by atoms with E-state index in [2.05, 4.69) is 19.9 Å². The van der Waals surface area contributed by atoms with Gasteiger partial charge in [0, 0.05) is 19.5 Å². The van der Waals surface area contributed by atoms with Gasteiger partial charge in [0.05, 0.1) is 13.2 Å². The summed E-state index contributed by atoms with van der Waals surface area (Å²) in [7, 11) is 0. The maximum absolute atomic E-state index is 12.1. The SMILES string of the molecule is Cc1ccc(C(C)(C)CCCCC(=O)N2CCOCC2)cc1O. The van der Waals surface area contributed by atoms with Crippen LogP contribution in [0.2, 0.25) is 0 Å². The molecule has 4 nitrogen and oxygen atoms in total. The number of rotatable bonds is 6. The highest BCUT2D eigenvalue weighted by Crippen LogP contribution is 2.32. The lowest BCUT2D eigenvalue weighted by Crippen LogP contribution is -2.40. The van der Waals surface area contributed by atoms with E-state index in [1.54, 1.807) is 0 Å². The maximum Gasteiger partial charge on any atom is 0.222 e. The number of aromatic hydroxyl groups is 1. The predicted molar refractivity (Wildman–Crippen MR) is 91.7 cm³/mol. The first-order chi connectivity index (χ1) is 10.9. The summed E-state index contributed by atoms with van der Waals surface area (Å²) in [6.45, 7) is 9.08. The molecular formula is C19H29NO3. The van der Waals surface area contributed by atoms with Crippen molar-refractivity contribution in [1.29, 1.82) is 0 Å². The number of hydrogen-bond donors (Lipinski definition) is 1. The number of benzene rings is 1. The zero-order chi connectivity index (χ0) is 16.9. The highest BCUT2D eigenvalue weighted by atomic mass is 16.5. The van der Waals surface area contributed by atoms with E-state index in [9.17, 15) is 9.90 Å². The molecule has 128 valence electrons. The molecule has 0 atom stereocenters. The van der Waals surface area contributed by atoms with Gasteiger partial charge in [-0.3, -0.25) is 4.79 Å². The molecule has 1 amide bonds. The van der Waals surface area contributed by atoms with Gasteiger partial charge in [-0.25, -0.2) is 0 Å². The summed E-state index contributed by atoms with van der Waals surface area (Å²) >= 11 is 0. The van der Waals surface area contributed by atoms with Crippen molar-refractivity contribution in [2.75, 3.05) is 26.3 Å². The van der Waals surface area contributed by atoms with Gasteiger partial charge in [-0.1, -0.05) is 32.4 Å². The molecule has 1 heterocycles. The molecule has 4 heteroatoms. The molecule has 23 heavy (non-hydrogen) atoms. The minimum Gasteiger partial charge on any atom is -0.508 e. The molecule has 1 saturated heterocycles. The second-order valence-electron chi connectivity index (χ2n) is 7.09. The maximum atomic E-state index is 12.1. The number of carbonyl (C=O) groups excluding carboxylic acids is 1. The third kappa shape index (κ3) is 4.96. The van der Waals surface area contributed by atoms with Gasteiger partial charge in [0.15, 0.2) is 0 Å². The molecule has 1 aromatic rings. The summed E-state index contributed by atoms with van der Waals surface area (Å²) in [6.07, 6.45) is 3.55. The predicted octanol–water partition coefficient (Wildman–Crippen LogP) is 3.40. The zero-order valence-corrected chi connectivity index (χ0v) is 14.6. The van der Waals surface area contributed by atoms with Gasteiger partial charge in [0.2, 0.25) is 5.91 Å². The van der Waals surface area contributed by atoms with Crippen LogP contribution in [-0.2, 0) is 14.9 Å². The highest BCUT2D eigenvalue weighted by molar-refractivity contribution is 5.76. The Balaban J connectivity index is 1.77. The van der Waals surface area contributed by atoms with E-state index in [1.807, 2.05) is 24.0 Å². The summed E-state index contributed by atoms with van der Waals surface area (Å²) < 4.78 is 5.27. The molecule has 1 aliphatic heterocycles. The van der Waals surface area contributed by atoms with Gasteiger partial charge in [-0.05, 0) is 42.4 Å². The molecule has 0 unspecified atom stereocenters. The van der Waals surface area contributed by atoms with Crippen LogP contribution in [0.4, 0.5) is 0 Å². The normalized spacial score (nSPS) is 15.7. The van der Waals surface area contributed by atoms with E-state index >= 15 is 0 Å². The minimum atomic E-state index is 0.00713. The molecule has 2 rings (SSSR count). The van der Waals surface area contributed by atoms with Crippen molar-refractivity contribution in [3.05, 3.63) is 29.3 Å². The van der Waals surface area contributed by atoms with Crippen LogP contribution >= 0.6 is 0 Å². The number of amides is 1. The number of phenolic OH excluding ortho intramolecular Hbond substituents is 1. The molecule has 0 radical (unpaired) electrons. The average Bonchev–Trinajstić information content (AvgIpc) is 2.54. The van der Waals surface area contributed by atoms with E-state index in [4.69, 9.17) is 4.74 Å². The molecule has 0 saturated carbocycles. The summed E-state index contributed by atoms with van der Waals surface area (Å²) in [5.74, 6) is 0.608. The van der Waals surface area contributed by atoms with Crippen LogP contribution in [0.15, 0.2) is 18.2 Å². The van der Waals surface area contributed by atoms with Gasteiger partial charge in [-0.15, -0.1) is 0 Å². The van der Waals surface area contributed by atoms with Gasteiger partial charge in [-0.2, -0.15) is 0 Å². The first kappa shape index (κ1) is 17.8. The summed E-state index contributed by atoms with van der Waals surface area (Å²) in [4.78, 5) is 14.0. The van der Waals surface area contributed by atoms with Crippen molar-refractivity contribution >= 4 is 5.91 Å². The lowest BCUT2D eigenvalue weighted by Gasteiger charge is -2.28. The fourth-order valence-corrected chi connectivity index (χ4v) is 2.99. The van der Waals surface area contributed by atoms with Crippen LogP contribution in [-0.4, -0.2) is 42.2 Å². The van der Waals surface area contributed by atoms with Gasteiger partial charge in [0.25, 0.3) is 0 Å². The number of carbonyl (C=O) groups is 1. The Kier molecular flexibility index (Phi) is 6.05. The first-order valence-electron chi connectivity index (χ1n) is 8.56. The monoisotopic (exact) mass is 319 g/mol. The number of hydrogen-bond acceptors (Lipinski definition) is 3.